The number of para-hydroxylation sites is 1. The second-order valence-corrected chi connectivity index (χ2v) is 4.97. The van der Waals surface area contributed by atoms with Crippen LogP contribution in [0.5, 0.6) is 11.5 Å². The summed E-state index contributed by atoms with van der Waals surface area (Å²) < 4.78 is 24.0. The fourth-order valence-corrected chi connectivity index (χ4v) is 1.90. The van der Waals surface area contributed by atoms with Crippen molar-refractivity contribution >= 4 is 23.5 Å². The molecule has 0 heterocycles. The Morgan fingerprint density at radius 1 is 1.30 bits per heavy atom. The summed E-state index contributed by atoms with van der Waals surface area (Å²) in [6.45, 7) is 0.268. The molecule has 0 saturated carbocycles. The molecule has 5 nitrogen and oxygen atoms in total. The standard InChI is InChI=1S/C16H16FN3O2S/c1-21-14-4-2-3-12(9-19-20-16(18)23)15(14)22-10-11-5-7-13(17)8-6-11/h2-9H,10H2,1H3,(H3,18,20,23)/b19-9-. The van der Waals surface area contributed by atoms with Gasteiger partial charge in [0.25, 0.3) is 0 Å². The molecule has 0 unspecified atom stereocenters. The number of hydrazone groups is 1. The summed E-state index contributed by atoms with van der Waals surface area (Å²) in [6, 6.07) is 11.5. The summed E-state index contributed by atoms with van der Waals surface area (Å²) in [6.07, 6.45) is 1.53. The smallest absolute Gasteiger partial charge is 0.184 e. The molecule has 0 spiro atoms. The van der Waals surface area contributed by atoms with Crippen LogP contribution >= 0.6 is 12.2 Å². The molecule has 7 heteroatoms. The molecule has 0 bridgehead atoms. The summed E-state index contributed by atoms with van der Waals surface area (Å²) >= 11 is 4.68. The molecule has 0 saturated heterocycles. The highest BCUT2D eigenvalue weighted by Crippen LogP contribution is 2.30. The predicted molar refractivity (Wildman–Crippen MR) is 91.2 cm³/mol. The van der Waals surface area contributed by atoms with Gasteiger partial charge in [-0.1, -0.05) is 18.2 Å². The van der Waals surface area contributed by atoms with Crippen molar-refractivity contribution in [2.24, 2.45) is 10.8 Å². The van der Waals surface area contributed by atoms with Gasteiger partial charge in [0, 0.05) is 5.56 Å². The van der Waals surface area contributed by atoms with Gasteiger partial charge in [-0.05, 0) is 42.0 Å². The van der Waals surface area contributed by atoms with Gasteiger partial charge in [0.1, 0.15) is 12.4 Å². The Hall–Kier alpha value is -2.67. The van der Waals surface area contributed by atoms with Crippen molar-refractivity contribution in [3.63, 3.8) is 0 Å². The monoisotopic (exact) mass is 333 g/mol. The molecular weight excluding hydrogens is 317 g/mol. The summed E-state index contributed by atoms with van der Waals surface area (Å²) in [7, 11) is 1.55. The van der Waals surface area contributed by atoms with Crippen LogP contribution in [-0.4, -0.2) is 18.4 Å². The van der Waals surface area contributed by atoms with E-state index in [2.05, 4.69) is 22.7 Å². The minimum Gasteiger partial charge on any atom is -0.493 e. The van der Waals surface area contributed by atoms with E-state index in [1.54, 1.807) is 25.3 Å². The Labute approximate surface area is 138 Å². The molecule has 0 radical (unpaired) electrons. The molecule has 2 rings (SSSR count). The van der Waals surface area contributed by atoms with E-state index in [4.69, 9.17) is 15.2 Å². The molecule has 0 amide bonds. The third kappa shape index (κ3) is 4.93. The lowest BCUT2D eigenvalue weighted by Crippen LogP contribution is -2.24. The van der Waals surface area contributed by atoms with Gasteiger partial charge >= 0.3 is 0 Å². The Kier molecular flexibility index (Phi) is 5.87. The molecule has 0 aliphatic heterocycles. The molecule has 0 fully saturated rings. The van der Waals surface area contributed by atoms with E-state index in [9.17, 15) is 4.39 Å². The van der Waals surface area contributed by atoms with Gasteiger partial charge in [0.05, 0.1) is 13.3 Å². The van der Waals surface area contributed by atoms with Gasteiger partial charge in [-0.15, -0.1) is 0 Å². The topological polar surface area (TPSA) is 68.9 Å². The van der Waals surface area contributed by atoms with E-state index in [-0.39, 0.29) is 17.5 Å². The first kappa shape index (κ1) is 16.7. The van der Waals surface area contributed by atoms with Crippen LogP contribution in [0.4, 0.5) is 4.39 Å². The fraction of sp³-hybridized carbons (Fsp3) is 0.125. The Morgan fingerprint density at radius 3 is 2.70 bits per heavy atom. The van der Waals surface area contributed by atoms with E-state index >= 15 is 0 Å². The first-order chi connectivity index (χ1) is 11.1. The van der Waals surface area contributed by atoms with Crippen molar-refractivity contribution in [1.29, 1.82) is 0 Å². The van der Waals surface area contributed by atoms with Crippen LogP contribution in [0, 0.1) is 5.82 Å². The summed E-state index contributed by atoms with van der Waals surface area (Å²) in [5.74, 6) is 0.793. The number of benzene rings is 2. The molecule has 3 N–H and O–H groups in total. The van der Waals surface area contributed by atoms with Crippen molar-refractivity contribution in [2.75, 3.05) is 7.11 Å². The van der Waals surface area contributed by atoms with Gasteiger partial charge in [0.2, 0.25) is 0 Å². The number of hydrogen-bond acceptors (Lipinski definition) is 4. The maximum absolute atomic E-state index is 12.9. The van der Waals surface area contributed by atoms with Crippen LogP contribution in [-0.2, 0) is 6.61 Å². The third-order valence-electron chi connectivity index (χ3n) is 2.90. The van der Waals surface area contributed by atoms with Crippen LogP contribution < -0.4 is 20.6 Å². The number of nitrogens with two attached hydrogens (primary N) is 1. The molecule has 2 aromatic rings. The Morgan fingerprint density at radius 2 is 2.04 bits per heavy atom. The number of methoxy groups -OCH3 is 1. The van der Waals surface area contributed by atoms with Crippen molar-refractivity contribution in [3.8, 4) is 11.5 Å². The minimum absolute atomic E-state index is 0.0675. The van der Waals surface area contributed by atoms with Crippen molar-refractivity contribution < 1.29 is 13.9 Å². The van der Waals surface area contributed by atoms with Crippen LogP contribution in [0.1, 0.15) is 11.1 Å². The van der Waals surface area contributed by atoms with Crippen LogP contribution in [0.3, 0.4) is 0 Å². The summed E-state index contributed by atoms with van der Waals surface area (Å²) in [4.78, 5) is 0. The van der Waals surface area contributed by atoms with Crippen LogP contribution in [0.25, 0.3) is 0 Å². The molecule has 0 aliphatic carbocycles. The number of nitrogens with one attached hydrogen (secondary N) is 1. The van der Waals surface area contributed by atoms with E-state index in [0.29, 0.717) is 17.1 Å². The van der Waals surface area contributed by atoms with E-state index < -0.39 is 0 Å². The normalized spacial score (nSPS) is 10.5. The highest BCUT2D eigenvalue weighted by molar-refractivity contribution is 7.80. The summed E-state index contributed by atoms with van der Waals surface area (Å²) in [5.41, 5.74) is 9.32. The van der Waals surface area contributed by atoms with Crippen molar-refractivity contribution in [2.45, 2.75) is 6.61 Å². The maximum Gasteiger partial charge on any atom is 0.184 e. The van der Waals surface area contributed by atoms with Gasteiger partial charge in [0.15, 0.2) is 16.6 Å². The Balaban J connectivity index is 2.19. The quantitative estimate of drug-likeness (QED) is 0.483. The number of ether oxygens (including phenoxy) is 2. The highest BCUT2D eigenvalue weighted by atomic mass is 32.1. The predicted octanol–water partition coefficient (Wildman–Crippen LogP) is 2.58. The zero-order chi connectivity index (χ0) is 16.7. The van der Waals surface area contributed by atoms with Gasteiger partial charge in [-0.25, -0.2) is 4.39 Å². The van der Waals surface area contributed by atoms with Gasteiger partial charge in [-0.3, -0.25) is 5.43 Å². The van der Waals surface area contributed by atoms with Gasteiger partial charge in [-0.2, -0.15) is 5.10 Å². The van der Waals surface area contributed by atoms with Crippen molar-refractivity contribution in [3.05, 3.63) is 59.4 Å². The van der Waals surface area contributed by atoms with E-state index in [1.807, 2.05) is 12.1 Å². The third-order valence-corrected chi connectivity index (χ3v) is 3.00. The SMILES string of the molecule is COc1cccc(/C=N\NC(N)=S)c1OCc1ccc(F)cc1. The zero-order valence-electron chi connectivity index (χ0n) is 12.5. The lowest BCUT2D eigenvalue weighted by molar-refractivity contribution is 0.284. The largest absolute Gasteiger partial charge is 0.493 e. The second kappa shape index (κ2) is 8.09. The number of halogens is 1. The maximum atomic E-state index is 12.9. The second-order valence-electron chi connectivity index (χ2n) is 4.53. The van der Waals surface area contributed by atoms with Gasteiger partial charge < -0.3 is 15.2 Å². The van der Waals surface area contributed by atoms with Crippen LogP contribution in [0.2, 0.25) is 0 Å². The molecule has 0 aliphatic rings. The van der Waals surface area contributed by atoms with Crippen LogP contribution in [0.15, 0.2) is 47.6 Å². The highest BCUT2D eigenvalue weighted by Gasteiger charge is 2.09. The average molecular weight is 333 g/mol. The van der Waals surface area contributed by atoms with E-state index in [0.717, 1.165) is 5.56 Å². The number of rotatable bonds is 6. The first-order valence-electron chi connectivity index (χ1n) is 6.73. The number of nitrogens with zero attached hydrogens (tertiary/aromatic N) is 1. The molecule has 120 valence electrons. The number of hydrogen-bond donors (Lipinski definition) is 2. The Bertz CT molecular complexity index is 705. The lowest BCUT2D eigenvalue weighted by atomic mass is 10.2. The zero-order valence-corrected chi connectivity index (χ0v) is 13.3. The average Bonchev–Trinajstić information content (AvgIpc) is 2.54. The fourth-order valence-electron chi connectivity index (χ4n) is 1.85. The molecule has 23 heavy (non-hydrogen) atoms. The lowest BCUT2D eigenvalue weighted by Gasteiger charge is -2.13. The molecule has 0 atom stereocenters. The first-order valence-corrected chi connectivity index (χ1v) is 7.13. The molecule has 2 aromatic carbocycles. The summed E-state index contributed by atoms with van der Waals surface area (Å²) in [5, 5.41) is 3.98. The minimum atomic E-state index is -0.289. The van der Waals surface area contributed by atoms with Crippen molar-refractivity contribution in [1.82, 2.24) is 5.43 Å². The molecular formula is C16H16FN3O2S. The number of thiocarbonyl (C=S) groups is 1. The van der Waals surface area contributed by atoms with E-state index in [1.165, 1.54) is 18.3 Å². The molecule has 0 aromatic heterocycles.